The topological polar surface area (TPSA) is 82.6 Å². The van der Waals surface area contributed by atoms with Crippen LogP contribution in [-0.4, -0.2) is 62.4 Å². The van der Waals surface area contributed by atoms with Gasteiger partial charge in [-0.25, -0.2) is 10.9 Å². The van der Waals surface area contributed by atoms with Gasteiger partial charge in [-0.1, -0.05) is 13.8 Å². The maximum atomic E-state index is 5.62. The van der Waals surface area contributed by atoms with E-state index < -0.39 is 0 Å². The second kappa shape index (κ2) is 17.1. The Bertz CT molecular complexity index is 177. The van der Waals surface area contributed by atoms with Crippen molar-refractivity contribution in [1.29, 1.82) is 0 Å². The van der Waals surface area contributed by atoms with Crippen molar-refractivity contribution < 1.29 is 0 Å². The van der Waals surface area contributed by atoms with Crippen molar-refractivity contribution in [2.75, 3.05) is 52.4 Å². The summed E-state index contributed by atoms with van der Waals surface area (Å²) in [5.74, 6) is 0. The molecule has 0 atom stereocenters. The average Bonchev–Trinajstić information content (AvgIpc) is 2.54. The standard InChI is InChI=1S/C16H40N6/c1-3-11-19-22(20-12-4-2)16-6-5-13-21(14-7-9-17)15-8-10-18/h19-20H,3-18H2,1-2H3. The smallest absolute Gasteiger partial charge is 0.0288 e. The Balaban J connectivity index is 3.88. The molecule has 0 rings (SSSR count). The molecule has 6 heteroatoms. The largest absolute Gasteiger partial charge is 0.330 e. The van der Waals surface area contributed by atoms with Crippen LogP contribution in [0.3, 0.4) is 0 Å². The van der Waals surface area contributed by atoms with Gasteiger partial charge in [0, 0.05) is 19.6 Å². The molecule has 0 saturated carbocycles. The second-order valence-electron chi connectivity index (χ2n) is 5.80. The van der Waals surface area contributed by atoms with Gasteiger partial charge < -0.3 is 16.4 Å². The highest BCUT2D eigenvalue weighted by Gasteiger charge is 2.06. The zero-order valence-electron chi connectivity index (χ0n) is 14.9. The van der Waals surface area contributed by atoms with Crippen molar-refractivity contribution in [1.82, 2.24) is 20.9 Å². The first kappa shape index (κ1) is 21.8. The van der Waals surface area contributed by atoms with Crippen LogP contribution in [0.4, 0.5) is 0 Å². The number of nitrogens with one attached hydrogen (secondary N) is 2. The number of hydrogen-bond donors (Lipinski definition) is 4. The molecule has 0 aromatic rings. The van der Waals surface area contributed by atoms with Crippen LogP contribution in [-0.2, 0) is 0 Å². The van der Waals surface area contributed by atoms with E-state index in [2.05, 4.69) is 34.7 Å². The minimum atomic E-state index is 0.773. The molecule has 0 aliphatic heterocycles. The first-order valence-electron chi connectivity index (χ1n) is 9.15. The Labute approximate surface area is 137 Å². The monoisotopic (exact) mass is 316 g/mol. The van der Waals surface area contributed by atoms with Crippen LogP contribution in [0, 0.1) is 0 Å². The first-order chi connectivity index (χ1) is 10.8. The fourth-order valence-corrected chi connectivity index (χ4v) is 2.28. The third kappa shape index (κ3) is 13.4. The molecule has 0 radical (unpaired) electrons. The van der Waals surface area contributed by atoms with Crippen LogP contribution in [0.25, 0.3) is 0 Å². The summed E-state index contributed by atoms with van der Waals surface area (Å²) >= 11 is 0. The maximum absolute atomic E-state index is 5.62. The normalized spacial score (nSPS) is 11.7. The van der Waals surface area contributed by atoms with Gasteiger partial charge in [0.25, 0.3) is 0 Å². The molecule has 0 heterocycles. The van der Waals surface area contributed by atoms with Crippen molar-refractivity contribution in [3.8, 4) is 0 Å². The van der Waals surface area contributed by atoms with Crippen molar-refractivity contribution in [3.63, 3.8) is 0 Å². The highest BCUT2D eigenvalue weighted by molar-refractivity contribution is 4.60. The van der Waals surface area contributed by atoms with Gasteiger partial charge in [0.2, 0.25) is 0 Å². The van der Waals surface area contributed by atoms with Crippen LogP contribution in [0.15, 0.2) is 0 Å². The quantitative estimate of drug-likeness (QED) is 0.236. The van der Waals surface area contributed by atoms with Gasteiger partial charge in [0.1, 0.15) is 0 Å². The number of nitrogens with two attached hydrogens (primary N) is 2. The van der Waals surface area contributed by atoms with Crippen molar-refractivity contribution in [3.05, 3.63) is 0 Å². The molecule has 0 saturated heterocycles. The van der Waals surface area contributed by atoms with Crippen molar-refractivity contribution in [2.45, 2.75) is 52.4 Å². The van der Waals surface area contributed by atoms with E-state index in [-0.39, 0.29) is 0 Å². The number of nitrogens with zero attached hydrogens (tertiary/aromatic N) is 2. The molecule has 6 N–H and O–H groups in total. The molecule has 0 bridgehead atoms. The molecular formula is C16H40N6. The molecule has 0 aromatic heterocycles. The summed E-state index contributed by atoms with van der Waals surface area (Å²) in [4.78, 5) is 2.50. The number of unbranched alkanes of at least 4 members (excludes halogenated alkanes) is 1. The van der Waals surface area contributed by atoms with E-state index in [0.717, 1.165) is 78.0 Å². The summed E-state index contributed by atoms with van der Waals surface area (Å²) in [6, 6.07) is 0. The molecule has 0 aliphatic carbocycles. The predicted octanol–water partition coefficient (Wildman–Crippen LogP) is 0.897. The van der Waals surface area contributed by atoms with Gasteiger partial charge >= 0.3 is 0 Å². The zero-order valence-corrected chi connectivity index (χ0v) is 14.9. The molecule has 134 valence electrons. The van der Waals surface area contributed by atoms with E-state index >= 15 is 0 Å². The van der Waals surface area contributed by atoms with Crippen LogP contribution in [0.2, 0.25) is 0 Å². The summed E-state index contributed by atoms with van der Waals surface area (Å²) in [5, 5.41) is 2.16. The van der Waals surface area contributed by atoms with Gasteiger partial charge in [0.05, 0.1) is 0 Å². The van der Waals surface area contributed by atoms with Gasteiger partial charge in [-0.2, -0.15) is 5.12 Å². The minimum Gasteiger partial charge on any atom is -0.330 e. The Morgan fingerprint density at radius 1 is 0.682 bits per heavy atom. The van der Waals surface area contributed by atoms with E-state index in [4.69, 9.17) is 11.5 Å². The Kier molecular flexibility index (Phi) is 16.9. The van der Waals surface area contributed by atoms with Crippen molar-refractivity contribution in [2.24, 2.45) is 11.5 Å². The third-order valence-electron chi connectivity index (χ3n) is 3.57. The third-order valence-corrected chi connectivity index (χ3v) is 3.57. The highest BCUT2D eigenvalue weighted by atomic mass is 15.7. The fourth-order valence-electron chi connectivity index (χ4n) is 2.28. The summed E-state index contributed by atoms with van der Waals surface area (Å²) in [6.07, 6.45) is 6.86. The number of hydrogen-bond acceptors (Lipinski definition) is 6. The van der Waals surface area contributed by atoms with E-state index in [1.165, 1.54) is 12.8 Å². The van der Waals surface area contributed by atoms with E-state index in [9.17, 15) is 0 Å². The lowest BCUT2D eigenvalue weighted by molar-refractivity contribution is 0.109. The lowest BCUT2D eigenvalue weighted by atomic mass is 10.2. The lowest BCUT2D eigenvalue weighted by Gasteiger charge is -2.25. The highest BCUT2D eigenvalue weighted by Crippen LogP contribution is 1.99. The average molecular weight is 317 g/mol. The molecule has 0 aromatic carbocycles. The Morgan fingerprint density at radius 2 is 1.14 bits per heavy atom. The zero-order chi connectivity index (χ0) is 16.5. The Morgan fingerprint density at radius 3 is 1.59 bits per heavy atom. The van der Waals surface area contributed by atoms with Gasteiger partial charge in [-0.3, -0.25) is 0 Å². The Hall–Kier alpha value is -0.240. The summed E-state index contributed by atoms with van der Waals surface area (Å²) in [6.45, 7) is 12.4. The summed E-state index contributed by atoms with van der Waals surface area (Å²) in [7, 11) is 0. The molecular weight excluding hydrogens is 276 g/mol. The second-order valence-corrected chi connectivity index (χ2v) is 5.80. The number of rotatable bonds is 17. The van der Waals surface area contributed by atoms with E-state index in [0.29, 0.717) is 0 Å². The molecule has 0 amide bonds. The minimum absolute atomic E-state index is 0.773. The van der Waals surface area contributed by atoms with Gasteiger partial charge in [0.15, 0.2) is 0 Å². The molecule has 22 heavy (non-hydrogen) atoms. The van der Waals surface area contributed by atoms with Crippen LogP contribution < -0.4 is 22.3 Å². The lowest BCUT2D eigenvalue weighted by Crippen LogP contribution is -2.49. The van der Waals surface area contributed by atoms with Crippen LogP contribution >= 0.6 is 0 Å². The number of hydrazine groups is 2. The van der Waals surface area contributed by atoms with Crippen LogP contribution in [0.5, 0.6) is 0 Å². The van der Waals surface area contributed by atoms with Gasteiger partial charge in [-0.05, 0) is 71.2 Å². The molecule has 0 unspecified atom stereocenters. The van der Waals surface area contributed by atoms with E-state index in [1.807, 2.05) is 0 Å². The van der Waals surface area contributed by atoms with Crippen molar-refractivity contribution >= 4 is 0 Å². The summed E-state index contributed by atoms with van der Waals surface area (Å²) < 4.78 is 0. The van der Waals surface area contributed by atoms with Gasteiger partial charge in [-0.15, -0.1) is 0 Å². The molecule has 0 spiro atoms. The fraction of sp³-hybridized carbons (Fsp3) is 1.00. The summed E-state index contributed by atoms with van der Waals surface area (Å²) in [5.41, 5.74) is 18.1. The first-order valence-corrected chi connectivity index (χ1v) is 9.15. The maximum Gasteiger partial charge on any atom is 0.0288 e. The van der Waals surface area contributed by atoms with Crippen LogP contribution in [0.1, 0.15) is 52.4 Å². The SMILES string of the molecule is CCCNN(CCCCN(CCCN)CCCN)NCCC. The predicted molar refractivity (Wildman–Crippen MR) is 96.3 cm³/mol. The van der Waals surface area contributed by atoms with E-state index in [1.54, 1.807) is 0 Å². The molecule has 0 aliphatic rings. The molecule has 0 fully saturated rings. The molecule has 6 nitrogen and oxygen atoms in total.